The van der Waals surface area contributed by atoms with Crippen LogP contribution in [0.2, 0.25) is 5.02 Å². The van der Waals surface area contributed by atoms with Gasteiger partial charge in [-0.15, -0.1) is 0 Å². The first kappa shape index (κ1) is 21.7. The molecule has 0 aliphatic rings. The van der Waals surface area contributed by atoms with Crippen molar-refractivity contribution in [2.45, 2.75) is 25.1 Å². The number of hydrogen-bond donors (Lipinski definition) is 1. The Labute approximate surface area is 180 Å². The van der Waals surface area contributed by atoms with Gasteiger partial charge in [-0.05, 0) is 50.2 Å². The molecule has 1 heterocycles. The molecule has 1 N–H and O–H groups in total. The number of thioether (sulfide) groups is 1. The van der Waals surface area contributed by atoms with Crippen molar-refractivity contribution in [1.29, 1.82) is 0 Å². The Morgan fingerprint density at radius 1 is 1.07 bits per heavy atom. The maximum absolute atomic E-state index is 10.1. The predicted octanol–water partition coefficient (Wildman–Crippen LogP) is 5.08. The number of halogens is 1. The van der Waals surface area contributed by atoms with Crippen molar-refractivity contribution in [3.05, 3.63) is 59.8 Å². The number of nitrogens with zero attached hydrogens (tertiary/aromatic N) is 2. The van der Waals surface area contributed by atoms with E-state index in [9.17, 15) is 5.11 Å². The van der Waals surface area contributed by atoms with Gasteiger partial charge in [0.25, 0.3) is 0 Å². The fourth-order valence-electron chi connectivity index (χ4n) is 2.84. The summed E-state index contributed by atoms with van der Waals surface area (Å²) in [5.74, 6) is 1.32. The van der Waals surface area contributed by atoms with Crippen LogP contribution in [0, 0.1) is 0 Å². The lowest BCUT2D eigenvalue weighted by Crippen LogP contribution is -2.18. The number of ether oxygens (including phenoxy) is 2. The number of rotatable bonds is 10. The number of aliphatic hydroxyl groups excluding tert-OH is 1. The molecule has 1 aromatic heterocycles. The van der Waals surface area contributed by atoms with Crippen molar-refractivity contribution in [2.75, 3.05) is 25.6 Å². The summed E-state index contributed by atoms with van der Waals surface area (Å²) >= 11 is 7.55. The molecule has 0 bridgehead atoms. The highest BCUT2D eigenvalue weighted by molar-refractivity contribution is 7.99. The summed E-state index contributed by atoms with van der Waals surface area (Å²) < 4.78 is 12.9. The monoisotopic (exact) mass is 432 g/mol. The lowest BCUT2D eigenvalue weighted by Gasteiger charge is -2.14. The molecule has 3 rings (SSSR count). The van der Waals surface area contributed by atoms with E-state index in [1.165, 1.54) is 11.8 Å². The van der Waals surface area contributed by atoms with Crippen LogP contribution in [0.5, 0.6) is 5.75 Å². The Balaban J connectivity index is 1.92. The minimum Gasteiger partial charge on any atom is -0.494 e. The Bertz CT molecular complexity index is 897. The highest BCUT2D eigenvalue weighted by Gasteiger charge is 2.16. The summed E-state index contributed by atoms with van der Waals surface area (Å²) in [5, 5.41) is 11.6. The van der Waals surface area contributed by atoms with E-state index in [1.807, 2.05) is 68.6 Å². The van der Waals surface area contributed by atoms with E-state index in [0.717, 1.165) is 27.9 Å². The second-order valence-electron chi connectivity index (χ2n) is 6.32. The first-order valence-corrected chi connectivity index (χ1v) is 10.9. The molecule has 0 amide bonds. The first-order chi connectivity index (χ1) is 14.1. The molecule has 0 aliphatic carbocycles. The van der Waals surface area contributed by atoms with Gasteiger partial charge in [0.15, 0.2) is 5.16 Å². The molecule has 2 aromatic carbocycles. The third-order valence-corrected chi connectivity index (χ3v) is 5.54. The van der Waals surface area contributed by atoms with Gasteiger partial charge in [-0.2, -0.15) is 0 Å². The maximum Gasteiger partial charge on any atom is 0.173 e. The Hall–Kier alpha value is -1.99. The van der Waals surface area contributed by atoms with Crippen molar-refractivity contribution in [3.8, 4) is 22.7 Å². The van der Waals surface area contributed by atoms with Gasteiger partial charge in [0.05, 0.1) is 31.2 Å². The Kier molecular flexibility index (Phi) is 8.00. The fraction of sp³-hybridized carbons (Fsp3) is 0.318. The zero-order chi connectivity index (χ0) is 20.6. The third kappa shape index (κ3) is 5.76. The number of aromatic nitrogens is 2. The average Bonchev–Trinajstić information content (AvgIpc) is 3.16. The van der Waals surface area contributed by atoms with Crippen molar-refractivity contribution in [2.24, 2.45) is 0 Å². The van der Waals surface area contributed by atoms with E-state index in [4.69, 9.17) is 21.1 Å². The van der Waals surface area contributed by atoms with E-state index >= 15 is 0 Å². The van der Waals surface area contributed by atoms with Gasteiger partial charge in [0, 0.05) is 28.6 Å². The Morgan fingerprint density at radius 2 is 1.79 bits per heavy atom. The van der Waals surface area contributed by atoms with Crippen LogP contribution in [0.3, 0.4) is 0 Å². The molecule has 1 unspecified atom stereocenters. The fourth-order valence-corrected chi connectivity index (χ4v) is 3.87. The van der Waals surface area contributed by atoms with Gasteiger partial charge in [-0.1, -0.05) is 35.5 Å². The van der Waals surface area contributed by atoms with Gasteiger partial charge >= 0.3 is 0 Å². The lowest BCUT2D eigenvalue weighted by atomic mass is 10.1. The van der Waals surface area contributed by atoms with Crippen molar-refractivity contribution in [3.63, 3.8) is 0 Å². The zero-order valence-electron chi connectivity index (χ0n) is 16.5. The van der Waals surface area contributed by atoms with Crippen LogP contribution in [-0.2, 0) is 4.74 Å². The van der Waals surface area contributed by atoms with Crippen LogP contribution < -0.4 is 4.74 Å². The third-order valence-electron chi connectivity index (χ3n) is 4.19. The van der Waals surface area contributed by atoms with Crippen molar-refractivity contribution < 1.29 is 14.6 Å². The van der Waals surface area contributed by atoms with Crippen LogP contribution >= 0.6 is 23.4 Å². The van der Waals surface area contributed by atoms with E-state index < -0.39 is 6.10 Å². The number of imidazole rings is 1. The minimum absolute atomic E-state index is 0.317. The molecule has 29 heavy (non-hydrogen) atoms. The van der Waals surface area contributed by atoms with E-state index in [0.29, 0.717) is 30.6 Å². The number of aliphatic hydroxyl groups is 1. The van der Waals surface area contributed by atoms with Gasteiger partial charge in [-0.25, -0.2) is 4.98 Å². The van der Waals surface area contributed by atoms with Crippen LogP contribution in [0.1, 0.15) is 13.8 Å². The number of hydrogen-bond acceptors (Lipinski definition) is 5. The molecule has 0 saturated heterocycles. The predicted molar refractivity (Wildman–Crippen MR) is 118 cm³/mol. The Morgan fingerprint density at radius 3 is 2.45 bits per heavy atom. The summed E-state index contributed by atoms with van der Waals surface area (Å²) in [6, 6.07) is 15.6. The second kappa shape index (κ2) is 10.7. The molecule has 0 saturated carbocycles. The molecule has 154 valence electrons. The van der Waals surface area contributed by atoms with Crippen LogP contribution in [0.4, 0.5) is 0 Å². The van der Waals surface area contributed by atoms with Gasteiger partial charge < -0.3 is 14.6 Å². The summed E-state index contributed by atoms with van der Waals surface area (Å²) in [4.78, 5) is 4.61. The first-order valence-electron chi connectivity index (χ1n) is 9.57. The SMILES string of the molecule is CCOCC(O)CSc1ncc(-c2ccc(Cl)cc2)n1-c1ccc(OCC)cc1. The molecule has 7 heteroatoms. The average molecular weight is 433 g/mol. The molecule has 0 aliphatic heterocycles. The molecule has 5 nitrogen and oxygen atoms in total. The molecular weight excluding hydrogens is 408 g/mol. The van der Waals surface area contributed by atoms with E-state index in [2.05, 4.69) is 9.55 Å². The lowest BCUT2D eigenvalue weighted by molar-refractivity contribution is 0.0551. The van der Waals surface area contributed by atoms with Crippen molar-refractivity contribution >= 4 is 23.4 Å². The second-order valence-corrected chi connectivity index (χ2v) is 7.74. The van der Waals surface area contributed by atoms with E-state index in [-0.39, 0.29) is 0 Å². The maximum atomic E-state index is 10.1. The molecule has 1 atom stereocenters. The number of benzene rings is 2. The summed E-state index contributed by atoms with van der Waals surface area (Å²) in [6.07, 6.45) is 1.29. The molecule has 0 fully saturated rings. The quantitative estimate of drug-likeness (QED) is 0.452. The smallest absolute Gasteiger partial charge is 0.173 e. The highest BCUT2D eigenvalue weighted by Crippen LogP contribution is 2.31. The summed E-state index contributed by atoms with van der Waals surface area (Å²) in [7, 11) is 0. The zero-order valence-corrected chi connectivity index (χ0v) is 18.1. The van der Waals surface area contributed by atoms with Gasteiger partial charge in [0.2, 0.25) is 0 Å². The van der Waals surface area contributed by atoms with Crippen LogP contribution in [-0.4, -0.2) is 46.3 Å². The van der Waals surface area contributed by atoms with E-state index in [1.54, 1.807) is 0 Å². The van der Waals surface area contributed by atoms with Gasteiger partial charge in [0.1, 0.15) is 5.75 Å². The standard InChI is InChI=1S/C22H25ClN2O3S/c1-3-27-14-19(26)15-29-22-24-13-21(16-5-7-17(23)8-6-16)25(22)18-9-11-20(12-10-18)28-4-2/h5-13,19,26H,3-4,14-15H2,1-2H3. The minimum atomic E-state index is -0.551. The van der Waals surface area contributed by atoms with Crippen molar-refractivity contribution in [1.82, 2.24) is 9.55 Å². The topological polar surface area (TPSA) is 56.5 Å². The molecule has 3 aromatic rings. The normalized spacial score (nSPS) is 12.1. The molecule has 0 spiro atoms. The summed E-state index contributed by atoms with van der Waals surface area (Å²) in [6.45, 7) is 5.40. The molecular formula is C22H25ClN2O3S. The largest absolute Gasteiger partial charge is 0.494 e. The summed E-state index contributed by atoms with van der Waals surface area (Å²) in [5.41, 5.74) is 2.93. The van der Waals surface area contributed by atoms with Crippen LogP contribution in [0.15, 0.2) is 59.9 Å². The molecule has 0 radical (unpaired) electrons. The van der Waals surface area contributed by atoms with Gasteiger partial charge in [-0.3, -0.25) is 4.57 Å². The highest BCUT2D eigenvalue weighted by atomic mass is 35.5. The van der Waals surface area contributed by atoms with Crippen LogP contribution in [0.25, 0.3) is 16.9 Å².